The number of aliphatic carboxylic acids is 4. The van der Waals surface area contributed by atoms with Gasteiger partial charge in [-0.15, -0.1) is 0 Å². The van der Waals surface area contributed by atoms with Crippen molar-refractivity contribution in [3.63, 3.8) is 0 Å². The number of aromatic amines is 1. The third kappa shape index (κ3) is 14.4. The van der Waals surface area contributed by atoms with Crippen LogP contribution in [0.5, 0.6) is 0 Å². The fraction of sp³-hybridized carbons (Fsp3) is 0.345. The van der Waals surface area contributed by atoms with Crippen molar-refractivity contribution in [2.24, 2.45) is 5.73 Å². The van der Waals surface area contributed by atoms with Gasteiger partial charge in [0.2, 0.25) is 11.8 Å². The maximum Gasteiger partial charge on any atom is 0.414 e. The lowest BCUT2D eigenvalue weighted by atomic mass is 9.98. The number of nitrogens with two attached hydrogens (primary N) is 1. The fourth-order valence-electron chi connectivity index (χ4n) is 10.5. The molecule has 0 bridgehead atoms. The third-order valence-corrected chi connectivity index (χ3v) is 14.3. The maximum atomic E-state index is 14.6. The molecule has 1 unspecified atom stereocenters. The number of aromatic nitrogens is 2. The highest BCUT2D eigenvalue weighted by atomic mass is 16.6. The van der Waals surface area contributed by atoms with E-state index >= 15 is 0 Å². The minimum absolute atomic E-state index is 0.00178. The van der Waals surface area contributed by atoms with Crippen molar-refractivity contribution < 1.29 is 68.3 Å². The molecule has 8 rings (SSSR count). The zero-order valence-electron chi connectivity index (χ0n) is 45.0. The molecule has 5 aromatic carbocycles. The number of carboxylic acid groups (broad SMARTS) is 4. The number of fused-ring (bicyclic) bond motifs is 7. The van der Waals surface area contributed by atoms with Crippen LogP contribution in [0.1, 0.15) is 57.2 Å². The van der Waals surface area contributed by atoms with Gasteiger partial charge in [0.1, 0.15) is 18.5 Å². The summed E-state index contributed by atoms with van der Waals surface area (Å²) >= 11 is 0. The largest absolute Gasteiger partial charge is 0.480 e. The Labute approximate surface area is 469 Å². The summed E-state index contributed by atoms with van der Waals surface area (Å²) in [6.07, 6.45) is -1.34. The molecule has 24 nitrogen and oxygen atoms in total. The van der Waals surface area contributed by atoms with Gasteiger partial charge < -0.3 is 55.7 Å². The molecule has 430 valence electrons. The van der Waals surface area contributed by atoms with Crippen molar-refractivity contribution >= 4 is 75.1 Å². The van der Waals surface area contributed by atoms with Crippen LogP contribution in [-0.4, -0.2) is 189 Å². The van der Waals surface area contributed by atoms with E-state index in [1.165, 1.54) is 20.8 Å². The van der Waals surface area contributed by atoms with E-state index in [-0.39, 0.29) is 102 Å². The molecule has 2 aliphatic rings. The normalized spacial score (nSPS) is 13.0. The van der Waals surface area contributed by atoms with Gasteiger partial charge in [-0.05, 0) is 87.8 Å². The van der Waals surface area contributed by atoms with Gasteiger partial charge in [-0.3, -0.25) is 48.3 Å². The van der Waals surface area contributed by atoms with Crippen LogP contribution in [0.3, 0.4) is 0 Å². The highest BCUT2D eigenvalue weighted by molar-refractivity contribution is 6.06. The Morgan fingerprint density at radius 3 is 2.06 bits per heavy atom. The van der Waals surface area contributed by atoms with Crippen LogP contribution in [0, 0.1) is 6.92 Å². The van der Waals surface area contributed by atoms with Gasteiger partial charge in [-0.25, -0.2) is 14.6 Å². The summed E-state index contributed by atoms with van der Waals surface area (Å²) in [5.41, 5.74) is 11.5. The molecule has 0 radical (unpaired) electrons. The number of ether oxygens (including phenoxy) is 2. The fourth-order valence-corrected chi connectivity index (χ4v) is 10.5. The number of amides is 4. The molecule has 6 aromatic rings. The summed E-state index contributed by atoms with van der Waals surface area (Å²) in [5, 5.41) is 43.0. The molecule has 82 heavy (non-hydrogen) atoms. The van der Waals surface area contributed by atoms with E-state index < -0.39 is 79.9 Å². The standard InChI is InChI=1S/C58H63N9O15/c1-35-61-47-15-12-37-11-10-36(26-45(37)54(47)55(76)62-35)28-66(58(80)82-34-46-43-8-4-2-6-41(43)42-7-3-5-9-44(42)46)39-13-14-40-38(27-39)29-67(56(40)77)48(57(78)79)16-17-49(68)60-19-20-65(23-25-81-24-18-59)50(69)30-63(31-51(70)71)21-22-64(32-52(72)73)33-53(74)75/h2-15,26-27,46,48H,16-25,28-34,59H2,1H3,(H,60,68)(H,70,71)(H,72,73)(H,74,75)(H,78,79)(H,61,62,76). The first-order valence-electron chi connectivity index (χ1n) is 26.5. The average molecular weight is 1130 g/mol. The molecular formula is C58H63N9O15. The lowest BCUT2D eigenvalue weighted by molar-refractivity contribution is -0.144. The van der Waals surface area contributed by atoms with E-state index in [2.05, 4.69) is 15.3 Å². The molecule has 1 atom stereocenters. The highest BCUT2D eigenvalue weighted by Crippen LogP contribution is 2.45. The molecule has 24 heteroatoms. The average Bonchev–Trinajstić information content (AvgIpc) is 4.10. The number of nitrogens with one attached hydrogen (secondary N) is 2. The summed E-state index contributed by atoms with van der Waals surface area (Å²) in [4.78, 5) is 130. The number of benzene rings is 5. The van der Waals surface area contributed by atoms with Crippen LogP contribution in [0.4, 0.5) is 10.5 Å². The van der Waals surface area contributed by atoms with Crippen molar-refractivity contribution in [3.05, 3.63) is 141 Å². The zero-order chi connectivity index (χ0) is 58.6. The Kier molecular flexibility index (Phi) is 19.4. The summed E-state index contributed by atoms with van der Waals surface area (Å²) < 4.78 is 11.7. The molecule has 1 aliphatic heterocycles. The molecule has 0 saturated heterocycles. The molecular weight excluding hydrogens is 1060 g/mol. The summed E-state index contributed by atoms with van der Waals surface area (Å²) in [7, 11) is 0. The molecule has 1 aromatic heterocycles. The van der Waals surface area contributed by atoms with Crippen molar-refractivity contribution in [1.29, 1.82) is 0 Å². The van der Waals surface area contributed by atoms with E-state index in [1.807, 2.05) is 72.8 Å². The van der Waals surface area contributed by atoms with E-state index in [0.29, 0.717) is 38.9 Å². The number of aryl methyl sites for hydroxylation is 1. The first-order valence-corrected chi connectivity index (χ1v) is 26.5. The molecule has 8 N–H and O–H groups in total. The van der Waals surface area contributed by atoms with Gasteiger partial charge in [0, 0.05) is 69.4 Å². The van der Waals surface area contributed by atoms with Crippen LogP contribution in [0.2, 0.25) is 0 Å². The van der Waals surface area contributed by atoms with Gasteiger partial charge in [0.25, 0.3) is 11.5 Å². The number of nitrogens with zero attached hydrogens (tertiary/aromatic N) is 6. The van der Waals surface area contributed by atoms with Gasteiger partial charge in [0.05, 0.1) is 56.8 Å². The third-order valence-electron chi connectivity index (χ3n) is 14.3. The summed E-state index contributed by atoms with van der Waals surface area (Å²) in [5.74, 6) is -6.82. The van der Waals surface area contributed by atoms with Crippen LogP contribution >= 0.6 is 0 Å². The maximum absolute atomic E-state index is 14.6. The second kappa shape index (κ2) is 26.9. The minimum atomic E-state index is -1.46. The summed E-state index contributed by atoms with van der Waals surface area (Å²) in [6.45, 7) is -1.01. The molecule has 0 fully saturated rings. The molecule has 2 heterocycles. The summed E-state index contributed by atoms with van der Waals surface area (Å²) in [6, 6.07) is 28.3. The van der Waals surface area contributed by atoms with Crippen molar-refractivity contribution in [1.82, 2.24) is 34.9 Å². The van der Waals surface area contributed by atoms with Crippen LogP contribution in [0.25, 0.3) is 32.8 Å². The number of carboxylic acids is 4. The van der Waals surface area contributed by atoms with Crippen molar-refractivity contribution in [2.75, 3.05) is 90.2 Å². The monoisotopic (exact) mass is 1130 g/mol. The Morgan fingerprint density at radius 2 is 1.41 bits per heavy atom. The topological polar surface area (TPSA) is 336 Å². The van der Waals surface area contributed by atoms with Gasteiger partial charge >= 0.3 is 30.0 Å². The number of carbonyl (C=O) groups is 8. The van der Waals surface area contributed by atoms with Gasteiger partial charge in [-0.2, -0.15) is 0 Å². The predicted molar refractivity (Wildman–Crippen MR) is 298 cm³/mol. The van der Waals surface area contributed by atoms with E-state index in [0.717, 1.165) is 37.4 Å². The lowest BCUT2D eigenvalue weighted by Gasteiger charge is -2.28. The predicted octanol–water partition coefficient (Wildman–Crippen LogP) is 3.31. The van der Waals surface area contributed by atoms with Crippen LogP contribution < -0.4 is 21.5 Å². The number of H-pyrrole nitrogens is 1. The minimum Gasteiger partial charge on any atom is -0.480 e. The van der Waals surface area contributed by atoms with Crippen molar-refractivity contribution in [3.8, 4) is 11.1 Å². The van der Waals surface area contributed by atoms with E-state index in [9.17, 15) is 63.6 Å². The number of anilines is 1. The molecule has 4 amide bonds. The van der Waals surface area contributed by atoms with E-state index in [4.69, 9.17) is 15.2 Å². The van der Waals surface area contributed by atoms with Crippen LogP contribution in [-0.2, 0) is 51.3 Å². The number of carbonyl (C=O) groups excluding carboxylic acids is 4. The Hall–Kier alpha value is -9.10. The van der Waals surface area contributed by atoms with E-state index in [1.54, 1.807) is 25.1 Å². The second-order valence-corrected chi connectivity index (χ2v) is 20.0. The zero-order valence-corrected chi connectivity index (χ0v) is 45.0. The molecule has 0 saturated carbocycles. The SMILES string of the molecule is Cc1nc2ccc3ccc(CN(C(=O)OCC4c5ccccc5-c5ccccc54)c4ccc5c(c4)CN(C(CCC(=O)NCCN(CCOCCN)C(=O)CN(CCN(CC(=O)O)CC(=O)O)CC(=O)O)C(=O)O)C5=O)cc3c2c(=O)[nH]1. The number of rotatable bonds is 29. The molecule has 1 aliphatic carbocycles. The first kappa shape index (κ1) is 59.0. The lowest BCUT2D eigenvalue weighted by Crippen LogP contribution is -2.48. The smallest absolute Gasteiger partial charge is 0.414 e. The first-order chi connectivity index (χ1) is 39.4. The number of hydrogen-bond donors (Lipinski definition) is 7. The Bertz CT molecular complexity index is 3420. The van der Waals surface area contributed by atoms with Gasteiger partial charge in [-0.1, -0.05) is 66.7 Å². The van der Waals surface area contributed by atoms with Crippen LogP contribution in [0.15, 0.2) is 102 Å². The Morgan fingerprint density at radius 1 is 0.768 bits per heavy atom. The van der Waals surface area contributed by atoms with Gasteiger partial charge in [0.15, 0.2) is 0 Å². The number of hydrogen-bond acceptors (Lipinski definition) is 15. The quantitative estimate of drug-likeness (QED) is 0.0262. The second-order valence-electron chi connectivity index (χ2n) is 20.0. The highest BCUT2D eigenvalue weighted by Gasteiger charge is 2.38. The molecule has 0 spiro atoms. The van der Waals surface area contributed by atoms with Crippen molar-refractivity contribution in [2.45, 2.75) is 44.8 Å². The Balaban J connectivity index is 0.951.